The summed E-state index contributed by atoms with van der Waals surface area (Å²) >= 11 is 0. The molecule has 0 bridgehead atoms. The maximum Gasteiger partial charge on any atom is 0.246 e. The summed E-state index contributed by atoms with van der Waals surface area (Å²) in [4.78, 5) is 26.2. The van der Waals surface area contributed by atoms with Crippen LogP contribution in [-0.4, -0.2) is 48.6 Å². The van der Waals surface area contributed by atoms with E-state index in [2.05, 4.69) is 5.32 Å². The van der Waals surface area contributed by atoms with Crippen molar-refractivity contribution in [2.45, 2.75) is 52.6 Å². The van der Waals surface area contributed by atoms with Crippen LogP contribution in [0.1, 0.15) is 40.5 Å². The molecule has 0 aromatic carbocycles. The van der Waals surface area contributed by atoms with E-state index in [0.29, 0.717) is 13.2 Å². The van der Waals surface area contributed by atoms with Crippen molar-refractivity contribution in [3.8, 4) is 0 Å². The van der Waals surface area contributed by atoms with Gasteiger partial charge in [-0.15, -0.1) is 0 Å². The van der Waals surface area contributed by atoms with E-state index in [-0.39, 0.29) is 17.2 Å². The highest BCUT2D eigenvalue weighted by atomic mass is 16.5. The van der Waals surface area contributed by atoms with E-state index in [0.717, 1.165) is 12.5 Å². The second-order valence-corrected chi connectivity index (χ2v) is 7.03. The van der Waals surface area contributed by atoms with E-state index in [1.807, 2.05) is 20.8 Å². The molecule has 1 aliphatic heterocycles. The normalized spacial score (nSPS) is 27.7. The fourth-order valence-corrected chi connectivity index (χ4v) is 2.41. The van der Waals surface area contributed by atoms with Crippen molar-refractivity contribution >= 4 is 11.8 Å². The first kappa shape index (κ1) is 15.3. The molecule has 1 aliphatic carbocycles. The average Bonchev–Trinajstić information content (AvgIpc) is 3.15. The Hall–Kier alpha value is -1.10. The predicted octanol–water partition coefficient (Wildman–Crippen LogP) is 1.17. The van der Waals surface area contributed by atoms with E-state index >= 15 is 0 Å². The Morgan fingerprint density at radius 1 is 1.30 bits per heavy atom. The van der Waals surface area contributed by atoms with Crippen molar-refractivity contribution in [2.75, 3.05) is 19.8 Å². The monoisotopic (exact) mass is 282 g/mol. The molecule has 2 amide bonds. The van der Waals surface area contributed by atoms with E-state index in [1.165, 1.54) is 12.8 Å². The third-order valence-corrected chi connectivity index (χ3v) is 4.06. The molecule has 20 heavy (non-hydrogen) atoms. The number of nitrogens with zero attached hydrogens (tertiary/aromatic N) is 1. The van der Waals surface area contributed by atoms with Crippen LogP contribution in [0.2, 0.25) is 0 Å². The Bertz CT molecular complexity index is 385. The van der Waals surface area contributed by atoms with Crippen molar-refractivity contribution in [3.63, 3.8) is 0 Å². The van der Waals surface area contributed by atoms with Crippen LogP contribution in [0, 0.1) is 11.3 Å². The van der Waals surface area contributed by atoms with Crippen molar-refractivity contribution in [2.24, 2.45) is 11.3 Å². The molecule has 2 atom stereocenters. The molecule has 0 spiro atoms. The minimum atomic E-state index is -0.449. The SMILES string of the molecule is CC1C(=O)NC(C(C)(C)C)C(=O)N1CCOCC1CC1. The van der Waals surface area contributed by atoms with Crippen LogP contribution < -0.4 is 5.32 Å². The summed E-state index contributed by atoms with van der Waals surface area (Å²) in [6.45, 7) is 9.45. The zero-order valence-corrected chi connectivity index (χ0v) is 12.9. The third kappa shape index (κ3) is 3.51. The van der Waals surface area contributed by atoms with Crippen molar-refractivity contribution in [1.82, 2.24) is 10.2 Å². The van der Waals surface area contributed by atoms with Crippen molar-refractivity contribution in [3.05, 3.63) is 0 Å². The topological polar surface area (TPSA) is 58.6 Å². The highest BCUT2D eigenvalue weighted by molar-refractivity contribution is 5.97. The summed E-state index contributed by atoms with van der Waals surface area (Å²) in [5.74, 6) is 0.640. The number of carbonyl (C=O) groups is 2. The Balaban J connectivity index is 1.92. The molecule has 2 fully saturated rings. The molecule has 0 radical (unpaired) electrons. The lowest BCUT2D eigenvalue weighted by Crippen LogP contribution is -2.66. The number of rotatable bonds is 5. The van der Waals surface area contributed by atoms with Crippen LogP contribution in [-0.2, 0) is 14.3 Å². The van der Waals surface area contributed by atoms with Gasteiger partial charge in [-0.05, 0) is 31.1 Å². The number of ether oxygens (including phenoxy) is 1. The predicted molar refractivity (Wildman–Crippen MR) is 76.1 cm³/mol. The lowest BCUT2D eigenvalue weighted by atomic mass is 9.84. The quantitative estimate of drug-likeness (QED) is 0.770. The van der Waals surface area contributed by atoms with Gasteiger partial charge in [-0.2, -0.15) is 0 Å². The standard InChI is InChI=1S/C15H26N2O3/c1-10-13(18)16-12(15(2,3)4)14(19)17(10)7-8-20-9-11-5-6-11/h10-12H,5-9H2,1-4H3,(H,16,18). The van der Waals surface area contributed by atoms with Gasteiger partial charge < -0.3 is 15.0 Å². The maximum atomic E-state index is 12.5. The van der Waals surface area contributed by atoms with Gasteiger partial charge in [-0.3, -0.25) is 9.59 Å². The first-order valence-corrected chi connectivity index (χ1v) is 7.49. The molecule has 2 unspecified atom stereocenters. The van der Waals surface area contributed by atoms with Crippen LogP contribution in [0.15, 0.2) is 0 Å². The fourth-order valence-electron chi connectivity index (χ4n) is 2.41. The van der Waals surface area contributed by atoms with Gasteiger partial charge in [0.25, 0.3) is 0 Å². The van der Waals surface area contributed by atoms with E-state index in [1.54, 1.807) is 11.8 Å². The molecule has 1 heterocycles. The minimum Gasteiger partial charge on any atom is -0.379 e. The lowest BCUT2D eigenvalue weighted by Gasteiger charge is -2.42. The molecular formula is C15H26N2O3. The van der Waals surface area contributed by atoms with Crippen LogP contribution in [0.4, 0.5) is 0 Å². The summed E-state index contributed by atoms with van der Waals surface area (Å²) < 4.78 is 5.59. The van der Waals surface area contributed by atoms with Crippen LogP contribution in [0.25, 0.3) is 0 Å². The molecule has 1 N–H and O–H groups in total. The van der Waals surface area contributed by atoms with Gasteiger partial charge >= 0.3 is 0 Å². The van der Waals surface area contributed by atoms with Gasteiger partial charge in [0.05, 0.1) is 6.61 Å². The number of amides is 2. The van der Waals surface area contributed by atoms with Crippen LogP contribution in [0.5, 0.6) is 0 Å². The van der Waals surface area contributed by atoms with Crippen molar-refractivity contribution in [1.29, 1.82) is 0 Å². The number of carbonyl (C=O) groups excluding carboxylic acids is 2. The zero-order valence-electron chi connectivity index (χ0n) is 12.9. The second-order valence-electron chi connectivity index (χ2n) is 7.03. The van der Waals surface area contributed by atoms with Crippen molar-refractivity contribution < 1.29 is 14.3 Å². The van der Waals surface area contributed by atoms with Gasteiger partial charge in [-0.1, -0.05) is 20.8 Å². The third-order valence-electron chi connectivity index (χ3n) is 4.06. The smallest absolute Gasteiger partial charge is 0.246 e. The second kappa shape index (κ2) is 5.72. The van der Waals surface area contributed by atoms with Gasteiger partial charge in [-0.25, -0.2) is 0 Å². The maximum absolute atomic E-state index is 12.5. The molecule has 1 saturated heterocycles. The molecular weight excluding hydrogens is 256 g/mol. The Morgan fingerprint density at radius 3 is 2.50 bits per heavy atom. The Labute approximate surface area is 121 Å². The molecule has 0 aromatic heterocycles. The molecule has 114 valence electrons. The Kier molecular flexibility index (Phi) is 4.37. The van der Waals surface area contributed by atoms with E-state index in [4.69, 9.17) is 4.74 Å². The summed E-state index contributed by atoms with van der Waals surface area (Å²) in [6.07, 6.45) is 2.51. The van der Waals surface area contributed by atoms with Gasteiger partial charge in [0.15, 0.2) is 0 Å². The van der Waals surface area contributed by atoms with E-state index < -0.39 is 12.1 Å². The minimum absolute atomic E-state index is 0.000350. The molecule has 1 saturated carbocycles. The lowest BCUT2D eigenvalue weighted by molar-refractivity contribution is -0.152. The highest BCUT2D eigenvalue weighted by Gasteiger charge is 2.43. The molecule has 5 nitrogen and oxygen atoms in total. The number of piperazine rings is 1. The first-order valence-electron chi connectivity index (χ1n) is 7.49. The summed E-state index contributed by atoms with van der Waals surface area (Å²) in [5.41, 5.74) is -0.278. The summed E-state index contributed by atoms with van der Waals surface area (Å²) in [6, 6.07) is -0.861. The molecule has 2 rings (SSSR count). The van der Waals surface area contributed by atoms with Crippen LogP contribution >= 0.6 is 0 Å². The molecule has 2 aliphatic rings. The Morgan fingerprint density at radius 2 is 1.95 bits per heavy atom. The average molecular weight is 282 g/mol. The number of nitrogens with one attached hydrogen (secondary N) is 1. The zero-order chi connectivity index (χ0) is 14.9. The van der Waals surface area contributed by atoms with E-state index in [9.17, 15) is 9.59 Å². The highest BCUT2D eigenvalue weighted by Crippen LogP contribution is 2.29. The summed E-state index contributed by atoms with van der Waals surface area (Å²) in [5, 5.41) is 2.83. The molecule has 0 aromatic rings. The number of hydrogen-bond acceptors (Lipinski definition) is 3. The largest absolute Gasteiger partial charge is 0.379 e. The summed E-state index contributed by atoms with van der Waals surface area (Å²) in [7, 11) is 0. The first-order chi connectivity index (χ1) is 9.30. The van der Waals surface area contributed by atoms with Gasteiger partial charge in [0.1, 0.15) is 12.1 Å². The van der Waals surface area contributed by atoms with Gasteiger partial charge in [0, 0.05) is 13.2 Å². The number of hydrogen-bond donors (Lipinski definition) is 1. The van der Waals surface area contributed by atoms with Gasteiger partial charge in [0.2, 0.25) is 11.8 Å². The molecule has 5 heteroatoms. The van der Waals surface area contributed by atoms with Crippen LogP contribution in [0.3, 0.4) is 0 Å². The fraction of sp³-hybridized carbons (Fsp3) is 0.867.